The van der Waals surface area contributed by atoms with Crippen molar-refractivity contribution in [1.82, 2.24) is 0 Å². The van der Waals surface area contributed by atoms with Crippen LogP contribution in [-0.2, 0) is 4.79 Å². The van der Waals surface area contributed by atoms with Gasteiger partial charge in [-0.15, -0.1) is 6.58 Å². The monoisotopic (exact) mass is 244 g/mol. The second-order valence-corrected chi connectivity index (χ2v) is 9.41. The van der Waals surface area contributed by atoms with Crippen molar-refractivity contribution in [2.45, 2.75) is 37.8 Å². The molecule has 1 aliphatic rings. The lowest BCUT2D eigenvalue weighted by Crippen LogP contribution is -2.51. The Balaban J connectivity index is 2.35. The quantitative estimate of drug-likeness (QED) is 0.587. The van der Waals surface area contributed by atoms with Crippen LogP contribution < -0.4 is 5.19 Å². The Labute approximate surface area is 105 Å². The fraction of sp³-hybridized carbons (Fsp3) is 0.400. The van der Waals surface area contributed by atoms with Crippen molar-refractivity contribution in [3.63, 3.8) is 0 Å². The van der Waals surface area contributed by atoms with Crippen molar-refractivity contribution in [3.8, 4) is 0 Å². The van der Waals surface area contributed by atoms with Gasteiger partial charge in [0.1, 0.15) is 14.4 Å². The summed E-state index contributed by atoms with van der Waals surface area (Å²) in [4.78, 5) is 10.7. The van der Waals surface area contributed by atoms with Crippen LogP contribution in [0.3, 0.4) is 0 Å². The minimum absolute atomic E-state index is 0.695. The molecule has 17 heavy (non-hydrogen) atoms. The molecule has 0 aromatic heterocycles. The molecule has 0 spiro atoms. The third kappa shape index (κ3) is 2.42. The maximum absolute atomic E-state index is 10.7. The molecule has 0 radical (unpaired) electrons. The summed E-state index contributed by atoms with van der Waals surface area (Å²) in [5, 5.41) is 2.93. The SMILES string of the molecule is C=C1CCCC[Si]1(CCC=O)c1ccccc1. The number of hydrogen-bond donors (Lipinski definition) is 0. The van der Waals surface area contributed by atoms with Gasteiger partial charge in [0.15, 0.2) is 0 Å². The zero-order chi connectivity index (χ0) is 12.1. The van der Waals surface area contributed by atoms with E-state index >= 15 is 0 Å². The minimum atomic E-state index is -1.61. The number of aldehydes is 1. The molecular weight excluding hydrogens is 224 g/mol. The van der Waals surface area contributed by atoms with Gasteiger partial charge < -0.3 is 4.79 Å². The average Bonchev–Trinajstić information content (AvgIpc) is 2.39. The number of hydrogen-bond acceptors (Lipinski definition) is 1. The molecule has 2 rings (SSSR count). The van der Waals surface area contributed by atoms with Gasteiger partial charge in [0.2, 0.25) is 0 Å². The molecule has 1 aromatic carbocycles. The first-order chi connectivity index (χ1) is 8.29. The van der Waals surface area contributed by atoms with Crippen LogP contribution in [0.1, 0.15) is 25.7 Å². The van der Waals surface area contributed by atoms with Crippen LogP contribution in [0.5, 0.6) is 0 Å². The molecule has 1 heterocycles. The van der Waals surface area contributed by atoms with Crippen LogP contribution in [0, 0.1) is 0 Å². The number of rotatable bonds is 4. The largest absolute Gasteiger partial charge is 0.303 e. The highest BCUT2D eigenvalue weighted by atomic mass is 28.3. The Morgan fingerprint density at radius 1 is 1.24 bits per heavy atom. The van der Waals surface area contributed by atoms with E-state index in [-0.39, 0.29) is 0 Å². The lowest BCUT2D eigenvalue weighted by Gasteiger charge is -2.37. The summed E-state index contributed by atoms with van der Waals surface area (Å²) in [5.41, 5.74) is 0. The number of carbonyl (C=O) groups excluding carboxylic acids is 1. The minimum Gasteiger partial charge on any atom is -0.303 e. The van der Waals surface area contributed by atoms with E-state index in [0.717, 1.165) is 12.3 Å². The molecule has 0 N–H and O–H groups in total. The van der Waals surface area contributed by atoms with Gasteiger partial charge in [0.25, 0.3) is 0 Å². The summed E-state index contributed by atoms with van der Waals surface area (Å²) in [6.45, 7) is 4.34. The van der Waals surface area contributed by atoms with Gasteiger partial charge in [-0.05, 0) is 18.5 Å². The smallest absolute Gasteiger partial charge is 0.119 e. The highest BCUT2D eigenvalue weighted by molar-refractivity contribution is 6.97. The van der Waals surface area contributed by atoms with Crippen molar-refractivity contribution in [2.75, 3.05) is 0 Å². The highest BCUT2D eigenvalue weighted by Crippen LogP contribution is 2.34. The zero-order valence-corrected chi connectivity index (χ0v) is 11.3. The van der Waals surface area contributed by atoms with E-state index in [4.69, 9.17) is 0 Å². The van der Waals surface area contributed by atoms with E-state index in [1.165, 1.54) is 35.7 Å². The Hall–Kier alpha value is -1.15. The van der Waals surface area contributed by atoms with Gasteiger partial charge in [0.05, 0.1) is 0 Å². The zero-order valence-electron chi connectivity index (χ0n) is 10.3. The predicted octanol–water partition coefficient (Wildman–Crippen LogP) is 3.21. The van der Waals surface area contributed by atoms with E-state index in [1.54, 1.807) is 0 Å². The Kier molecular flexibility index (Phi) is 3.95. The van der Waals surface area contributed by atoms with Crippen LogP contribution in [0.15, 0.2) is 42.1 Å². The molecule has 2 heteroatoms. The van der Waals surface area contributed by atoms with E-state index in [1.807, 2.05) is 0 Å². The summed E-state index contributed by atoms with van der Waals surface area (Å²) in [6.07, 6.45) is 5.51. The van der Waals surface area contributed by atoms with Gasteiger partial charge in [0, 0.05) is 6.42 Å². The fourth-order valence-corrected chi connectivity index (χ4v) is 7.93. The van der Waals surface area contributed by atoms with E-state index < -0.39 is 8.07 Å². The normalized spacial score (nSPS) is 24.6. The van der Waals surface area contributed by atoms with E-state index in [2.05, 4.69) is 36.9 Å². The maximum atomic E-state index is 10.7. The van der Waals surface area contributed by atoms with Gasteiger partial charge in [-0.3, -0.25) is 0 Å². The predicted molar refractivity (Wildman–Crippen MR) is 75.1 cm³/mol. The Morgan fingerprint density at radius 3 is 2.65 bits per heavy atom. The molecule has 1 atom stereocenters. The summed E-state index contributed by atoms with van der Waals surface area (Å²) in [7, 11) is -1.61. The lowest BCUT2D eigenvalue weighted by atomic mass is 10.2. The van der Waals surface area contributed by atoms with Crippen LogP contribution in [-0.4, -0.2) is 14.4 Å². The number of allylic oxidation sites excluding steroid dienone is 1. The van der Waals surface area contributed by atoms with E-state index in [9.17, 15) is 4.79 Å². The second kappa shape index (κ2) is 5.45. The molecule has 1 aromatic rings. The lowest BCUT2D eigenvalue weighted by molar-refractivity contribution is -0.107. The van der Waals surface area contributed by atoms with Crippen LogP contribution in [0.4, 0.5) is 0 Å². The Bertz CT molecular complexity index is 399. The third-order valence-corrected chi connectivity index (χ3v) is 9.42. The molecule has 90 valence electrons. The first-order valence-corrected chi connectivity index (χ1v) is 8.88. The molecule has 1 fully saturated rings. The topological polar surface area (TPSA) is 17.1 Å². The fourth-order valence-electron chi connectivity index (χ4n) is 3.04. The van der Waals surface area contributed by atoms with Crippen molar-refractivity contribution in [2.24, 2.45) is 0 Å². The molecule has 1 unspecified atom stereocenters. The standard InChI is InChI=1S/C15H20OSi/c1-14-8-5-6-12-17(14,13-7-11-16)15-9-3-2-4-10-15/h2-4,9-11H,1,5-8,12-13H2. The molecule has 1 saturated heterocycles. The van der Waals surface area contributed by atoms with Crippen molar-refractivity contribution in [1.29, 1.82) is 0 Å². The second-order valence-electron chi connectivity index (χ2n) is 4.96. The first kappa shape index (κ1) is 12.3. The molecular formula is C15H20OSi. The van der Waals surface area contributed by atoms with Crippen molar-refractivity contribution in [3.05, 3.63) is 42.1 Å². The van der Waals surface area contributed by atoms with Gasteiger partial charge >= 0.3 is 0 Å². The van der Waals surface area contributed by atoms with Crippen molar-refractivity contribution < 1.29 is 4.79 Å². The third-order valence-electron chi connectivity index (χ3n) is 4.02. The summed E-state index contributed by atoms with van der Waals surface area (Å²) in [6, 6.07) is 13.1. The first-order valence-electron chi connectivity index (χ1n) is 6.47. The average molecular weight is 244 g/mol. The van der Waals surface area contributed by atoms with Gasteiger partial charge in [-0.2, -0.15) is 0 Å². The number of carbonyl (C=O) groups is 1. The van der Waals surface area contributed by atoms with Crippen LogP contribution in [0.2, 0.25) is 12.1 Å². The van der Waals surface area contributed by atoms with Gasteiger partial charge in [-0.25, -0.2) is 0 Å². The van der Waals surface area contributed by atoms with Crippen LogP contribution >= 0.6 is 0 Å². The maximum Gasteiger partial charge on any atom is 0.119 e. The molecule has 1 nitrogen and oxygen atoms in total. The summed E-state index contributed by atoms with van der Waals surface area (Å²) in [5.74, 6) is 0. The van der Waals surface area contributed by atoms with Crippen molar-refractivity contribution >= 4 is 19.5 Å². The molecule has 0 saturated carbocycles. The molecule has 0 aliphatic carbocycles. The summed E-state index contributed by atoms with van der Waals surface area (Å²) >= 11 is 0. The van der Waals surface area contributed by atoms with E-state index in [0.29, 0.717) is 6.42 Å². The molecule has 0 bridgehead atoms. The summed E-state index contributed by atoms with van der Waals surface area (Å²) < 4.78 is 0. The highest BCUT2D eigenvalue weighted by Gasteiger charge is 2.38. The van der Waals surface area contributed by atoms with Gasteiger partial charge in [-0.1, -0.05) is 53.6 Å². The number of benzene rings is 1. The molecule has 1 aliphatic heterocycles. The Morgan fingerprint density at radius 2 is 2.00 bits per heavy atom. The molecule has 0 amide bonds. The van der Waals surface area contributed by atoms with Crippen LogP contribution in [0.25, 0.3) is 0 Å².